The topological polar surface area (TPSA) is 99.6 Å². The third-order valence-corrected chi connectivity index (χ3v) is 4.09. The van der Waals surface area contributed by atoms with Gasteiger partial charge in [-0.15, -0.1) is 0 Å². The molecule has 0 bridgehead atoms. The van der Waals surface area contributed by atoms with E-state index in [9.17, 15) is 24.0 Å². The number of unbranched alkanes of at least 4 members (excludes halogenated alkanes) is 1. The average molecular weight is 367 g/mol. The van der Waals surface area contributed by atoms with Crippen molar-refractivity contribution in [1.29, 1.82) is 0 Å². The summed E-state index contributed by atoms with van der Waals surface area (Å²) in [4.78, 5) is 39.4. The van der Waals surface area contributed by atoms with Gasteiger partial charge in [0, 0.05) is 12.1 Å². The number of hydrogen-bond acceptors (Lipinski definition) is 5. The molecule has 0 spiro atoms. The number of Topliss-reactive ketones (excluding diaryl/α,β-unsaturated/α-hetero) is 1. The van der Waals surface area contributed by atoms with Gasteiger partial charge in [0.25, 0.3) is 5.91 Å². The summed E-state index contributed by atoms with van der Waals surface area (Å²) in [7, 11) is 0. The molecule has 26 heavy (non-hydrogen) atoms. The van der Waals surface area contributed by atoms with Crippen molar-refractivity contribution in [2.45, 2.75) is 46.1 Å². The second-order valence-electron chi connectivity index (χ2n) is 6.53. The number of rotatable bonds is 11. The van der Waals surface area contributed by atoms with Gasteiger partial charge in [-0.1, -0.05) is 33.6 Å². The molecule has 0 fully saturated rings. The largest absolute Gasteiger partial charge is 0.342 e. The fourth-order valence-electron chi connectivity index (χ4n) is 2.60. The summed E-state index contributed by atoms with van der Waals surface area (Å²) >= 11 is 0. The maximum atomic E-state index is 12.9. The van der Waals surface area contributed by atoms with E-state index in [1.54, 1.807) is 13.8 Å². The molecule has 2 amide bonds. The summed E-state index contributed by atoms with van der Waals surface area (Å²) in [6.07, 6.45) is 3.46. The first-order valence-corrected chi connectivity index (χ1v) is 8.67. The van der Waals surface area contributed by atoms with Crippen LogP contribution in [-0.4, -0.2) is 45.9 Å². The maximum absolute atomic E-state index is 12.9. The maximum Gasteiger partial charge on any atom is 0.253 e. The predicted octanol–water partition coefficient (Wildman–Crippen LogP) is 2.20. The first-order chi connectivity index (χ1) is 12.3. The minimum atomic E-state index is -0.797. The number of nitrogens with one attached hydrogen (secondary N) is 1. The third-order valence-electron chi connectivity index (χ3n) is 4.09. The Kier molecular flexibility index (Phi) is 8.84. The smallest absolute Gasteiger partial charge is 0.253 e. The number of hydroxylamine groups is 2. The van der Waals surface area contributed by atoms with Crippen molar-refractivity contribution in [2.24, 2.45) is 11.8 Å². The van der Waals surface area contributed by atoms with Gasteiger partial charge in [0.2, 0.25) is 12.4 Å². The molecule has 0 aromatic carbocycles. The van der Waals surface area contributed by atoms with Crippen LogP contribution in [0.4, 0.5) is 4.39 Å². The summed E-state index contributed by atoms with van der Waals surface area (Å²) in [5.74, 6) is -2.28. The molecule has 2 N–H and O–H groups in total. The van der Waals surface area contributed by atoms with Crippen molar-refractivity contribution in [3.8, 4) is 0 Å². The molecule has 7 nitrogen and oxygen atoms in total. The van der Waals surface area contributed by atoms with E-state index in [0.29, 0.717) is 11.5 Å². The molecule has 0 saturated carbocycles. The molecule has 0 aliphatic rings. The van der Waals surface area contributed by atoms with E-state index in [2.05, 4.69) is 10.3 Å². The van der Waals surface area contributed by atoms with Crippen molar-refractivity contribution in [2.75, 3.05) is 6.54 Å². The number of aromatic nitrogens is 1. The van der Waals surface area contributed by atoms with Crippen molar-refractivity contribution in [3.63, 3.8) is 0 Å². The molecule has 144 valence electrons. The molecule has 0 unspecified atom stereocenters. The van der Waals surface area contributed by atoms with Crippen LogP contribution in [0.1, 0.15) is 50.4 Å². The van der Waals surface area contributed by atoms with E-state index in [-0.39, 0.29) is 30.2 Å². The molecule has 1 heterocycles. The van der Waals surface area contributed by atoms with Gasteiger partial charge >= 0.3 is 0 Å². The monoisotopic (exact) mass is 367 g/mol. The second-order valence-corrected chi connectivity index (χ2v) is 6.53. The Hall–Kier alpha value is -2.35. The van der Waals surface area contributed by atoms with Gasteiger partial charge in [-0.25, -0.2) is 10.0 Å². The van der Waals surface area contributed by atoms with Crippen LogP contribution in [0.15, 0.2) is 18.3 Å². The van der Waals surface area contributed by atoms with Crippen molar-refractivity contribution in [3.05, 3.63) is 29.8 Å². The lowest BCUT2D eigenvalue weighted by atomic mass is 9.87. The highest BCUT2D eigenvalue weighted by Gasteiger charge is 2.31. The Morgan fingerprint density at radius 1 is 1.38 bits per heavy atom. The van der Waals surface area contributed by atoms with Crippen LogP contribution < -0.4 is 5.32 Å². The fraction of sp³-hybridized carbons (Fsp3) is 0.556. The molecule has 1 rings (SSSR count). The number of ketones is 1. The quantitative estimate of drug-likeness (QED) is 0.270. The molecular formula is C18H26FN3O4. The molecule has 1 aromatic heterocycles. The Morgan fingerprint density at radius 3 is 2.58 bits per heavy atom. The number of carbonyl (C=O) groups is 3. The van der Waals surface area contributed by atoms with Crippen LogP contribution in [0.5, 0.6) is 0 Å². The summed E-state index contributed by atoms with van der Waals surface area (Å²) in [5, 5.41) is 12.6. The zero-order chi connectivity index (χ0) is 19.7. The summed E-state index contributed by atoms with van der Waals surface area (Å²) in [6.45, 7) is 5.43. The minimum Gasteiger partial charge on any atom is -0.342 e. The van der Waals surface area contributed by atoms with Gasteiger partial charge < -0.3 is 5.32 Å². The highest BCUT2D eigenvalue weighted by atomic mass is 19.1. The lowest BCUT2D eigenvalue weighted by Gasteiger charge is -2.27. The zero-order valence-electron chi connectivity index (χ0n) is 15.3. The first-order valence-electron chi connectivity index (χ1n) is 8.67. The van der Waals surface area contributed by atoms with Gasteiger partial charge in [0.1, 0.15) is 0 Å². The SMILES string of the molecule is CCCC[C@H](CN(O)C=O)C(=O)[C@@H](NC(=O)c1ccc(F)nc1)C(C)C. The van der Waals surface area contributed by atoms with Crippen molar-refractivity contribution in [1.82, 2.24) is 15.4 Å². The van der Waals surface area contributed by atoms with Gasteiger partial charge in [0.05, 0.1) is 18.2 Å². The van der Waals surface area contributed by atoms with E-state index >= 15 is 0 Å². The van der Waals surface area contributed by atoms with Crippen LogP contribution in [-0.2, 0) is 9.59 Å². The minimum absolute atomic E-state index is 0.125. The van der Waals surface area contributed by atoms with E-state index in [0.717, 1.165) is 25.1 Å². The van der Waals surface area contributed by atoms with E-state index < -0.39 is 23.8 Å². The Labute approximate surface area is 152 Å². The average Bonchev–Trinajstić information content (AvgIpc) is 2.62. The number of amides is 2. The highest BCUT2D eigenvalue weighted by Crippen LogP contribution is 2.17. The Morgan fingerprint density at radius 2 is 2.08 bits per heavy atom. The summed E-state index contributed by atoms with van der Waals surface area (Å²) in [6, 6.07) is 1.56. The standard InChI is InChI=1S/C18H26FN3O4/c1-4-5-6-14(10-22(26)11-23)17(24)16(12(2)3)21-18(25)13-7-8-15(19)20-9-13/h7-9,11-12,14,16,26H,4-6,10H2,1-3H3,(H,21,25)/t14-,16+/m1/s1. The van der Waals surface area contributed by atoms with Crippen LogP contribution in [0, 0.1) is 17.8 Å². The number of pyridine rings is 1. The number of nitrogens with zero attached hydrogens (tertiary/aromatic N) is 2. The summed E-state index contributed by atoms with van der Waals surface area (Å²) < 4.78 is 12.9. The van der Waals surface area contributed by atoms with Gasteiger partial charge in [0.15, 0.2) is 5.78 Å². The number of carbonyl (C=O) groups excluding carboxylic acids is 3. The molecule has 0 saturated heterocycles. The Balaban J connectivity index is 2.93. The Bertz CT molecular complexity index is 607. The zero-order valence-corrected chi connectivity index (χ0v) is 15.3. The van der Waals surface area contributed by atoms with Crippen LogP contribution in [0.3, 0.4) is 0 Å². The number of halogens is 1. The van der Waals surface area contributed by atoms with Crippen molar-refractivity contribution >= 4 is 18.1 Å². The molecule has 8 heteroatoms. The van der Waals surface area contributed by atoms with Crippen LogP contribution >= 0.6 is 0 Å². The predicted molar refractivity (Wildman–Crippen MR) is 92.9 cm³/mol. The summed E-state index contributed by atoms with van der Waals surface area (Å²) in [5.41, 5.74) is 0.145. The van der Waals surface area contributed by atoms with Gasteiger partial charge in [-0.05, 0) is 24.5 Å². The van der Waals surface area contributed by atoms with Crippen molar-refractivity contribution < 1.29 is 24.0 Å². The van der Waals surface area contributed by atoms with E-state index in [1.165, 1.54) is 6.07 Å². The molecule has 2 atom stereocenters. The molecule has 1 aromatic rings. The molecule has 0 aliphatic carbocycles. The molecular weight excluding hydrogens is 341 g/mol. The van der Waals surface area contributed by atoms with E-state index in [1.807, 2.05) is 6.92 Å². The third kappa shape index (κ3) is 6.51. The van der Waals surface area contributed by atoms with E-state index in [4.69, 9.17) is 0 Å². The van der Waals surface area contributed by atoms with Gasteiger partial charge in [-0.2, -0.15) is 4.39 Å². The lowest BCUT2D eigenvalue weighted by molar-refractivity contribution is -0.154. The second kappa shape index (κ2) is 10.6. The van der Waals surface area contributed by atoms with Crippen LogP contribution in [0.2, 0.25) is 0 Å². The normalized spacial score (nSPS) is 13.2. The van der Waals surface area contributed by atoms with Gasteiger partial charge in [-0.3, -0.25) is 19.6 Å². The lowest BCUT2D eigenvalue weighted by Crippen LogP contribution is -2.48. The van der Waals surface area contributed by atoms with Crippen LogP contribution in [0.25, 0.3) is 0 Å². The highest BCUT2D eigenvalue weighted by molar-refractivity contribution is 5.98. The number of hydrogen-bond donors (Lipinski definition) is 2. The first kappa shape index (κ1) is 21.7. The fourth-order valence-corrected chi connectivity index (χ4v) is 2.60. The molecule has 0 radical (unpaired) electrons. The molecule has 0 aliphatic heterocycles.